The van der Waals surface area contributed by atoms with Crippen molar-refractivity contribution in [3.05, 3.63) is 66.7 Å². The summed E-state index contributed by atoms with van der Waals surface area (Å²) in [7, 11) is -3.08. The standard InChI is InChI=1S/C21H21N2O2P/c24-20-13-16-7-4-5-8-17(16)14-21(20)26(25)22-12-6-11-19(22)15-23(26)18-9-2-1-3-10-18/h1-5,7-10,13-14,19,24H,6,11-12,15H2/t19-,26-/m0/s1. The average Bonchev–Trinajstić information content (AvgIpc) is 3.24. The van der Waals surface area contributed by atoms with Crippen LogP contribution in [0.5, 0.6) is 5.75 Å². The highest BCUT2D eigenvalue weighted by molar-refractivity contribution is 7.71. The molecular formula is C21H21N2O2P. The smallest absolute Gasteiger partial charge is 0.273 e. The number of fused-ring (bicyclic) bond motifs is 2. The van der Waals surface area contributed by atoms with E-state index in [0.29, 0.717) is 5.30 Å². The molecule has 4 nitrogen and oxygen atoms in total. The first-order valence-corrected chi connectivity index (χ1v) is 10.7. The Morgan fingerprint density at radius 3 is 2.42 bits per heavy atom. The van der Waals surface area contributed by atoms with Gasteiger partial charge in [0, 0.05) is 24.8 Å². The van der Waals surface area contributed by atoms with Gasteiger partial charge in [-0.25, -0.2) is 4.67 Å². The number of benzene rings is 3. The van der Waals surface area contributed by atoms with Crippen LogP contribution in [0.2, 0.25) is 0 Å². The normalized spacial score (nSPS) is 25.7. The molecule has 5 heteroatoms. The largest absolute Gasteiger partial charge is 0.507 e. The fraction of sp³-hybridized carbons (Fsp3) is 0.238. The molecule has 2 saturated heterocycles. The van der Waals surface area contributed by atoms with Crippen LogP contribution in [0, 0.1) is 0 Å². The molecule has 0 aromatic heterocycles. The van der Waals surface area contributed by atoms with Crippen LogP contribution in [0.25, 0.3) is 10.8 Å². The first-order valence-electron chi connectivity index (χ1n) is 9.10. The zero-order valence-corrected chi connectivity index (χ0v) is 15.3. The second kappa shape index (κ2) is 5.87. The number of anilines is 1. The van der Waals surface area contributed by atoms with Crippen LogP contribution in [0.4, 0.5) is 5.69 Å². The fourth-order valence-corrected chi connectivity index (χ4v) is 7.78. The SMILES string of the molecule is O=[P@]1(c2cc3ccccc3cc2O)N(c2ccccc2)C[C@@H]2CCCN21. The second-order valence-electron chi connectivity index (χ2n) is 7.11. The van der Waals surface area contributed by atoms with Gasteiger partial charge < -0.3 is 9.78 Å². The first kappa shape index (κ1) is 15.9. The quantitative estimate of drug-likeness (QED) is 0.687. The van der Waals surface area contributed by atoms with Gasteiger partial charge in [-0.05, 0) is 47.9 Å². The van der Waals surface area contributed by atoms with E-state index < -0.39 is 7.44 Å². The molecule has 0 radical (unpaired) electrons. The molecule has 2 atom stereocenters. The van der Waals surface area contributed by atoms with E-state index >= 15 is 0 Å². The summed E-state index contributed by atoms with van der Waals surface area (Å²) in [5, 5.41) is 13.3. The molecule has 5 rings (SSSR count). The molecule has 0 saturated carbocycles. The molecular weight excluding hydrogens is 343 g/mol. The van der Waals surface area contributed by atoms with Crippen LogP contribution >= 0.6 is 7.44 Å². The van der Waals surface area contributed by atoms with E-state index in [1.165, 1.54) is 0 Å². The molecule has 3 aromatic carbocycles. The minimum Gasteiger partial charge on any atom is -0.507 e. The molecule has 0 aliphatic carbocycles. The Morgan fingerprint density at radius 2 is 1.65 bits per heavy atom. The first-order chi connectivity index (χ1) is 12.7. The van der Waals surface area contributed by atoms with Crippen molar-refractivity contribution in [2.75, 3.05) is 17.8 Å². The van der Waals surface area contributed by atoms with Gasteiger partial charge in [0.15, 0.2) is 0 Å². The van der Waals surface area contributed by atoms with Crippen molar-refractivity contribution in [2.45, 2.75) is 18.9 Å². The van der Waals surface area contributed by atoms with E-state index in [1.807, 2.05) is 65.3 Å². The maximum absolute atomic E-state index is 14.5. The predicted octanol–water partition coefficient (Wildman–Crippen LogP) is 4.35. The van der Waals surface area contributed by atoms with Crippen molar-refractivity contribution in [3.8, 4) is 5.75 Å². The third kappa shape index (κ3) is 2.22. The maximum atomic E-state index is 14.5. The van der Waals surface area contributed by atoms with Crippen LogP contribution in [0.3, 0.4) is 0 Å². The molecule has 132 valence electrons. The van der Waals surface area contributed by atoms with Gasteiger partial charge in [-0.2, -0.15) is 0 Å². The summed E-state index contributed by atoms with van der Waals surface area (Å²) in [6.45, 7) is 1.56. The third-order valence-corrected chi connectivity index (χ3v) is 8.87. The van der Waals surface area contributed by atoms with E-state index in [4.69, 9.17) is 0 Å². The van der Waals surface area contributed by atoms with Crippen molar-refractivity contribution in [1.29, 1.82) is 0 Å². The van der Waals surface area contributed by atoms with E-state index in [1.54, 1.807) is 6.07 Å². The topological polar surface area (TPSA) is 43.8 Å². The van der Waals surface area contributed by atoms with Crippen LogP contribution in [-0.4, -0.2) is 28.9 Å². The Labute approximate surface area is 153 Å². The number of phenols is 1. The van der Waals surface area contributed by atoms with Gasteiger partial charge in [0.1, 0.15) is 5.75 Å². The summed E-state index contributed by atoms with van der Waals surface area (Å²) in [5.41, 5.74) is 0.956. The highest BCUT2D eigenvalue weighted by atomic mass is 31.2. The number of phenolic OH excluding ortho intramolecular Hbond substituents is 1. The van der Waals surface area contributed by atoms with Crippen molar-refractivity contribution < 1.29 is 9.67 Å². The number of para-hydroxylation sites is 1. The monoisotopic (exact) mass is 364 g/mol. The zero-order valence-electron chi connectivity index (χ0n) is 14.5. The molecule has 2 fully saturated rings. The number of hydrogen-bond acceptors (Lipinski definition) is 2. The van der Waals surface area contributed by atoms with Gasteiger partial charge in [0.2, 0.25) is 0 Å². The summed E-state index contributed by atoms with van der Waals surface area (Å²) in [6, 6.07) is 21.8. The predicted molar refractivity (Wildman–Crippen MR) is 106 cm³/mol. The van der Waals surface area contributed by atoms with Crippen molar-refractivity contribution >= 4 is 29.2 Å². The van der Waals surface area contributed by atoms with Crippen molar-refractivity contribution in [3.63, 3.8) is 0 Å². The summed E-state index contributed by atoms with van der Waals surface area (Å²) >= 11 is 0. The molecule has 0 spiro atoms. The Kier molecular flexibility index (Phi) is 3.59. The van der Waals surface area contributed by atoms with Crippen molar-refractivity contribution in [1.82, 2.24) is 4.67 Å². The third-order valence-electron chi connectivity index (χ3n) is 5.62. The second-order valence-corrected chi connectivity index (χ2v) is 9.68. The van der Waals surface area contributed by atoms with Gasteiger partial charge in [-0.3, -0.25) is 4.57 Å². The summed E-state index contributed by atoms with van der Waals surface area (Å²) < 4.78 is 18.7. The highest BCUT2D eigenvalue weighted by Gasteiger charge is 2.52. The Morgan fingerprint density at radius 1 is 0.962 bits per heavy atom. The lowest BCUT2D eigenvalue weighted by Gasteiger charge is -2.31. The minimum atomic E-state index is -3.08. The Bertz CT molecular complexity index is 1020. The molecule has 0 amide bonds. The summed E-state index contributed by atoms with van der Waals surface area (Å²) in [4.78, 5) is 0. The number of nitrogens with zero attached hydrogens (tertiary/aromatic N) is 2. The molecule has 1 N–H and O–H groups in total. The van der Waals surface area contributed by atoms with Crippen molar-refractivity contribution in [2.24, 2.45) is 0 Å². The molecule has 0 unspecified atom stereocenters. The zero-order chi connectivity index (χ0) is 17.7. The van der Waals surface area contributed by atoms with E-state index in [2.05, 4.69) is 4.67 Å². The molecule has 2 aliphatic heterocycles. The van der Waals surface area contributed by atoms with E-state index in [0.717, 1.165) is 42.4 Å². The van der Waals surface area contributed by atoms with Gasteiger partial charge >= 0.3 is 0 Å². The molecule has 3 aromatic rings. The van der Waals surface area contributed by atoms with Gasteiger partial charge in [0.25, 0.3) is 7.44 Å². The lowest BCUT2D eigenvalue weighted by atomic mass is 10.1. The van der Waals surface area contributed by atoms with Gasteiger partial charge in [0.05, 0.1) is 5.30 Å². The highest BCUT2D eigenvalue weighted by Crippen LogP contribution is 2.63. The number of aromatic hydroxyl groups is 1. The van der Waals surface area contributed by atoms with Gasteiger partial charge in [-0.15, -0.1) is 0 Å². The minimum absolute atomic E-state index is 0.125. The molecule has 2 heterocycles. The Balaban J connectivity index is 1.73. The summed E-state index contributed by atoms with van der Waals surface area (Å²) in [5.74, 6) is 0.125. The molecule has 2 aliphatic rings. The molecule has 0 bridgehead atoms. The molecule has 26 heavy (non-hydrogen) atoms. The Hall–Kier alpha value is -2.29. The van der Waals surface area contributed by atoms with Crippen LogP contribution in [0.1, 0.15) is 12.8 Å². The summed E-state index contributed by atoms with van der Waals surface area (Å²) in [6.07, 6.45) is 2.12. The number of rotatable bonds is 2. The van der Waals surface area contributed by atoms with Crippen LogP contribution in [-0.2, 0) is 4.57 Å². The lowest BCUT2D eigenvalue weighted by molar-refractivity contribution is 0.433. The average molecular weight is 364 g/mol. The maximum Gasteiger partial charge on any atom is 0.273 e. The van der Waals surface area contributed by atoms with E-state index in [9.17, 15) is 9.67 Å². The number of hydrogen-bond donors (Lipinski definition) is 1. The van der Waals surface area contributed by atoms with Crippen LogP contribution in [0.15, 0.2) is 66.7 Å². The van der Waals surface area contributed by atoms with Crippen LogP contribution < -0.4 is 9.97 Å². The van der Waals surface area contributed by atoms with E-state index in [-0.39, 0.29) is 11.8 Å². The van der Waals surface area contributed by atoms with Gasteiger partial charge in [-0.1, -0.05) is 42.5 Å². The fourth-order valence-electron chi connectivity index (χ4n) is 4.39. The lowest BCUT2D eigenvalue weighted by Crippen LogP contribution is -2.27.